The maximum Gasteiger partial charge on any atom is 0.251 e. The number of halogens is 1. The zero-order chi connectivity index (χ0) is 15.0. The van der Waals surface area contributed by atoms with E-state index < -0.39 is 5.91 Å². The number of fused-ring (bicyclic) bond motifs is 1. The van der Waals surface area contributed by atoms with Gasteiger partial charge in [-0.15, -0.1) is 12.4 Å². The third-order valence-electron chi connectivity index (χ3n) is 3.40. The second kappa shape index (κ2) is 6.20. The summed E-state index contributed by atoms with van der Waals surface area (Å²) in [6.07, 6.45) is 0. The lowest BCUT2D eigenvalue weighted by molar-refractivity contribution is 0.100. The van der Waals surface area contributed by atoms with Gasteiger partial charge in [0, 0.05) is 5.92 Å². The summed E-state index contributed by atoms with van der Waals surface area (Å²) in [5.74, 6) is 0.263. The van der Waals surface area contributed by atoms with Crippen LogP contribution in [0.5, 0.6) is 0 Å². The Kier molecular flexibility index (Phi) is 4.52. The van der Waals surface area contributed by atoms with Gasteiger partial charge in [0.1, 0.15) is 5.52 Å². The van der Waals surface area contributed by atoms with Gasteiger partial charge in [-0.1, -0.05) is 44.2 Å². The number of carbonyl (C=O) groups is 1. The van der Waals surface area contributed by atoms with Crippen molar-refractivity contribution in [2.45, 2.75) is 19.8 Å². The van der Waals surface area contributed by atoms with E-state index in [4.69, 9.17) is 10.2 Å². The van der Waals surface area contributed by atoms with Crippen molar-refractivity contribution in [2.24, 2.45) is 5.73 Å². The third kappa shape index (κ3) is 2.70. The number of carbonyl (C=O) groups excluding carboxylic acids is 1. The van der Waals surface area contributed by atoms with E-state index in [1.807, 2.05) is 56.3 Å². The average molecular weight is 317 g/mol. The summed E-state index contributed by atoms with van der Waals surface area (Å²) < 4.78 is 5.69. The van der Waals surface area contributed by atoms with Crippen molar-refractivity contribution in [2.75, 3.05) is 0 Å². The Labute approximate surface area is 134 Å². The number of oxazole rings is 1. The fourth-order valence-electron chi connectivity index (χ4n) is 2.37. The monoisotopic (exact) mass is 316 g/mol. The number of nitrogens with zero attached hydrogens (tertiary/aromatic N) is 1. The van der Waals surface area contributed by atoms with Crippen LogP contribution in [0.1, 0.15) is 36.0 Å². The number of hydrogen-bond donors (Lipinski definition) is 1. The first-order valence-electron chi connectivity index (χ1n) is 6.86. The molecule has 3 rings (SSSR count). The minimum absolute atomic E-state index is 0. The van der Waals surface area contributed by atoms with Crippen molar-refractivity contribution in [1.82, 2.24) is 4.98 Å². The minimum Gasteiger partial charge on any atom is -0.440 e. The van der Waals surface area contributed by atoms with Gasteiger partial charge in [0.15, 0.2) is 11.5 Å². The molecule has 22 heavy (non-hydrogen) atoms. The molecule has 0 fully saturated rings. The number of amides is 1. The molecular formula is C17H17ClN2O2. The molecule has 0 aliphatic carbocycles. The summed E-state index contributed by atoms with van der Waals surface area (Å²) in [5.41, 5.74) is 8.83. The van der Waals surface area contributed by atoms with Crippen LogP contribution < -0.4 is 5.73 Å². The predicted octanol–water partition coefficient (Wildman–Crippen LogP) is 4.14. The van der Waals surface area contributed by atoms with Crippen molar-refractivity contribution in [3.8, 4) is 11.1 Å². The van der Waals surface area contributed by atoms with Gasteiger partial charge in [-0.25, -0.2) is 4.98 Å². The number of aromatic nitrogens is 1. The fraction of sp³-hybridized carbons (Fsp3) is 0.176. The Bertz CT molecular complexity index is 810. The van der Waals surface area contributed by atoms with Gasteiger partial charge in [0.2, 0.25) is 0 Å². The molecule has 114 valence electrons. The smallest absolute Gasteiger partial charge is 0.251 e. The number of nitrogens with two attached hydrogens (primary N) is 1. The zero-order valence-electron chi connectivity index (χ0n) is 12.4. The molecule has 1 aromatic heterocycles. The van der Waals surface area contributed by atoms with E-state index in [1.165, 1.54) is 0 Å². The summed E-state index contributed by atoms with van der Waals surface area (Å²) >= 11 is 0. The summed E-state index contributed by atoms with van der Waals surface area (Å²) in [5, 5.41) is 0. The maximum atomic E-state index is 11.9. The first-order chi connectivity index (χ1) is 10.1. The van der Waals surface area contributed by atoms with Gasteiger partial charge < -0.3 is 10.2 Å². The van der Waals surface area contributed by atoms with Crippen LogP contribution in [0.3, 0.4) is 0 Å². The molecule has 1 heterocycles. The molecule has 4 nitrogen and oxygen atoms in total. The van der Waals surface area contributed by atoms with Crippen LogP contribution in [0.25, 0.3) is 22.2 Å². The molecule has 0 spiro atoms. The topological polar surface area (TPSA) is 69.1 Å². The standard InChI is InChI=1S/C17H16N2O2.ClH/c1-10(2)17-19-15-13(21-17)9-8-12(14(15)16(18)20)11-6-4-3-5-7-11;/h3-10H,1-2H3,(H2,18,20);1H. The molecule has 5 heteroatoms. The van der Waals surface area contributed by atoms with Gasteiger partial charge in [-0.05, 0) is 23.3 Å². The van der Waals surface area contributed by atoms with Crippen LogP contribution in [0, 0.1) is 0 Å². The highest BCUT2D eigenvalue weighted by molar-refractivity contribution is 6.09. The molecule has 0 saturated carbocycles. The Morgan fingerprint density at radius 3 is 2.41 bits per heavy atom. The van der Waals surface area contributed by atoms with Crippen LogP contribution in [-0.4, -0.2) is 10.9 Å². The second-order valence-electron chi connectivity index (χ2n) is 5.27. The number of primary amides is 1. The lowest BCUT2D eigenvalue weighted by atomic mass is 9.98. The molecule has 0 aliphatic rings. The SMILES string of the molecule is CC(C)c1nc2c(C(N)=O)c(-c3ccccc3)ccc2o1.Cl. The third-order valence-corrected chi connectivity index (χ3v) is 3.40. The highest BCUT2D eigenvalue weighted by Gasteiger charge is 2.19. The Morgan fingerprint density at radius 2 is 1.82 bits per heavy atom. The highest BCUT2D eigenvalue weighted by Crippen LogP contribution is 2.31. The van der Waals surface area contributed by atoms with Crippen molar-refractivity contribution < 1.29 is 9.21 Å². The molecular weight excluding hydrogens is 300 g/mol. The first kappa shape index (κ1) is 16.0. The van der Waals surface area contributed by atoms with E-state index in [1.54, 1.807) is 0 Å². The van der Waals surface area contributed by atoms with Crippen molar-refractivity contribution in [3.05, 3.63) is 53.9 Å². The number of rotatable bonds is 3. The van der Waals surface area contributed by atoms with Crippen molar-refractivity contribution >= 4 is 29.4 Å². The second-order valence-corrected chi connectivity index (χ2v) is 5.27. The van der Waals surface area contributed by atoms with Crippen molar-refractivity contribution in [3.63, 3.8) is 0 Å². The van der Waals surface area contributed by atoms with E-state index in [0.717, 1.165) is 11.1 Å². The van der Waals surface area contributed by atoms with Crippen LogP contribution >= 0.6 is 12.4 Å². The molecule has 2 aromatic carbocycles. The van der Waals surface area contributed by atoms with Crippen LogP contribution in [0.15, 0.2) is 46.9 Å². The van der Waals surface area contributed by atoms with E-state index in [0.29, 0.717) is 22.6 Å². The largest absolute Gasteiger partial charge is 0.440 e. The predicted molar refractivity (Wildman–Crippen MR) is 89.3 cm³/mol. The van der Waals surface area contributed by atoms with Crippen LogP contribution in [0.2, 0.25) is 0 Å². The average Bonchev–Trinajstić information content (AvgIpc) is 2.91. The highest BCUT2D eigenvalue weighted by atomic mass is 35.5. The van der Waals surface area contributed by atoms with Crippen LogP contribution in [-0.2, 0) is 0 Å². The normalized spacial score (nSPS) is 10.7. The van der Waals surface area contributed by atoms with Gasteiger partial charge in [-0.2, -0.15) is 0 Å². The summed E-state index contributed by atoms with van der Waals surface area (Å²) in [4.78, 5) is 16.4. The lowest BCUT2D eigenvalue weighted by Crippen LogP contribution is -2.13. The lowest BCUT2D eigenvalue weighted by Gasteiger charge is -2.06. The maximum absolute atomic E-state index is 11.9. The molecule has 3 aromatic rings. The van der Waals surface area contributed by atoms with E-state index in [-0.39, 0.29) is 18.3 Å². The number of benzene rings is 2. The van der Waals surface area contributed by atoms with Gasteiger partial charge in [0.05, 0.1) is 5.56 Å². The van der Waals surface area contributed by atoms with E-state index >= 15 is 0 Å². The molecule has 0 unspecified atom stereocenters. The first-order valence-corrected chi connectivity index (χ1v) is 6.86. The Balaban J connectivity index is 0.00000176. The summed E-state index contributed by atoms with van der Waals surface area (Å²) in [6, 6.07) is 13.3. The van der Waals surface area contributed by atoms with E-state index in [2.05, 4.69) is 4.98 Å². The molecule has 0 saturated heterocycles. The number of hydrogen-bond acceptors (Lipinski definition) is 3. The van der Waals surface area contributed by atoms with Gasteiger partial charge >= 0.3 is 0 Å². The van der Waals surface area contributed by atoms with Gasteiger partial charge in [-0.3, -0.25) is 4.79 Å². The molecule has 0 atom stereocenters. The molecule has 1 amide bonds. The van der Waals surface area contributed by atoms with Crippen LogP contribution in [0.4, 0.5) is 0 Å². The molecule has 2 N–H and O–H groups in total. The Morgan fingerprint density at radius 1 is 1.14 bits per heavy atom. The Hall–Kier alpha value is -2.33. The quantitative estimate of drug-likeness (QED) is 0.789. The van der Waals surface area contributed by atoms with E-state index in [9.17, 15) is 4.79 Å². The molecule has 0 radical (unpaired) electrons. The molecule has 0 aliphatic heterocycles. The fourth-order valence-corrected chi connectivity index (χ4v) is 2.37. The van der Waals surface area contributed by atoms with Crippen molar-refractivity contribution in [1.29, 1.82) is 0 Å². The minimum atomic E-state index is -0.497. The van der Waals surface area contributed by atoms with Gasteiger partial charge in [0.25, 0.3) is 5.91 Å². The summed E-state index contributed by atoms with van der Waals surface area (Å²) in [7, 11) is 0. The summed E-state index contributed by atoms with van der Waals surface area (Å²) in [6.45, 7) is 3.99. The zero-order valence-corrected chi connectivity index (χ0v) is 13.2. The molecule has 0 bridgehead atoms.